The van der Waals surface area contributed by atoms with Crippen LogP contribution in [0.3, 0.4) is 0 Å². The third-order valence-corrected chi connectivity index (χ3v) is 5.16. The second-order valence-corrected chi connectivity index (χ2v) is 7.02. The second kappa shape index (κ2) is 7.45. The maximum absolute atomic E-state index is 12.6. The van der Waals surface area contributed by atoms with Gasteiger partial charge in [-0.2, -0.15) is 5.10 Å². The van der Waals surface area contributed by atoms with Crippen molar-refractivity contribution in [2.75, 3.05) is 7.11 Å². The molecule has 1 aliphatic carbocycles. The van der Waals surface area contributed by atoms with Gasteiger partial charge in [0, 0.05) is 21.8 Å². The number of nitrogens with one attached hydrogen (secondary N) is 1. The molecule has 0 fully saturated rings. The number of benzene rings is 2. The molecule has 1 aliphatic rings. The van der Waals surface area contributed by atoms with E-state index in [0.29, 0.717) is 10.6 Å². The maximum atomic E-state index is 12.6. The van der Waals surface area contributed by atoms with Gasteiger partial charge >= 0.3 is 0 Å². The van der Waals surface area contributed by atoms with E-state index in [1.807, 2.05) is 35.1 Å². The first-order valence-electron chi connectivity index (χ1n) is 8.93. The molecule has 0 saturated carbocycles. The summed E-state index contributed by atoms with van der Waals surface area (Å²) in [5, 5.41) is 8.33. The van der Waals surface area contributed by atoms with Crippen LogP contribution in [0.25, 0.3) is 5.69 Å². The van der Waals surface area contributed by atoms with E-state index < -0.39 is 0 Å². The molecule has 138 valence electrons. The minimum Gasteiger partial charge on any atom is -0.497 e. The fourth-order valence-electron chi connectivity index (χ4n) is 3.50. The first kappa shape index (κ1) is 17.6. The molecule has 1 aromatic heterocycles. The van der Waals surface area contributed by atoms with Crippen LogP contribution >= 0.6 is 11.6 Å². The van der Waals surface area contributed by atoms with Crippen molar-refractivity contribution in [1.82, 2.24) is 15.1 Å². The lowest BCUT2D eigenvalue weighted by molar-refractivity contribution is 0.0932. The number of hydrogen-bond donors (Lipinski definition) is 1. The van der Waals surface area contributed by atoms with Gasteiger partial charge in [0.1, 0.15) is 5.75 Å². The fraction of sp³-hybridized carbons (Fsp3) is 0.238. The van der Waals surface area contributed by atoms with Crippen LogP contribution in [0.15, 0.2) is 54.7 Å². The molecular formula is C21H20ClN3O2. The Balaban J connectivity index is 1.57. The Bertz CT molecular complexity index is 949. The van der Waals surface area contributed by atoms with Crippen molar-refractivity contribution in [2.24, 2.45) is 0 Å². The number of rotatable bonds is 4. The zero-order valence-electron chi connectivity index (χ0n) is 15.0. The lowest BCUT2D eigenvalue weighted by Crippen LogP contribution is -2.30. The molecule has 1 N–H and O–H groups in total. The van der Waals surface area contributed by atoms with Gasteiger partial charge in [0.25, 0.3) is 5.91 Å². The van der Waals surface area contributed by atoms with Crippen LogP contribution in [-0.4, -0.2) is 22.8 Å². The summed E-state index contributed by atoms with van der Waals surface area (Å²) in [6.07, 6.45) is 4.71. The molecular weight excluding hydrogens is 362 g/mol. The van der Waals surface area contributed by atoms with E-state index >= 15 is 0 Å². The fourth-order valence-corrected chi connectivity index (χ4v) is 3.62. The van der Waals surface area contributed by atoms with Gasteiger partial charge < -0.3 is 10.1 Å². The van der Waals surface area contributed by atoms with Crippen molar-refractivity contribution in [2.45, 2.75) is 25.3 Å². The van der Waals surface area contributed by atoms with Gasteiger partial charge in [0.05, 0.1) is 25.0 Å². The summed E-state index contributed by atoms with van der Waals surface area (Å²) in [7, 11) is 1.65. The van der Waals surface area contributed by atoms with E-state index in [9.17, 15) is 4.79 Å². The van der Waals surface area contributed by atoms with Crippen molar-refractivity contribution in [3.63, 3.8) is 0 Å². The normalized spacial score (nSPS) is 15.9. The predicted molar refractivity (Wildman–Crippen MR) is 105 cm³/mol. The largest absolute Gasteiger partial charge is 0.497 e. The Morgan fingerprint density at radius 2 is 1.93 bits per heavy atom. The molecule has 27 heavy (non-hydrogen) atoms. The first-order valence-corrected chi connectivity index (χ1v) is 9.31. The van der Waals surface area contributed by atoms with Gasteiger partial charge in [-0.15, -0.1) is 0 Å². The number of fused-ring (bicyclic) bond motifs is 1. The maximum Gasteiger partial charge on any atom is 0.251 e. The molecule has 6 heteroatoms. The van der Waals surface area contributed by atoms with Crippen molar-refractivity contribution < 1.29 is 9.53 Å². The third kappa shape index (κ3) is 3.55. The van der Waals surface area contributed by atoms with Gasteiger partial charge in [-0.25, -0.2) is 4.68 Å². The average molecular weight is 382 g/mol. The Labute approximate surface area is 162 Å². The lowest BCUT2D eigenvalue weighted by Gasteiger charge is -2.24. The Morgan fingerprint density at radius 1 is 1.19 bits per heavy atom. The van der Waals surface area contributed by atoms with Gasteiger partial charge in [0.2, 0.25) is 0 Å². The number of amides is 1. The number of ether oxygens (including phenoxy) is 1. The molecule has 1 atom stereocenters. The molecule has 0 bridgehead atoms. The number of aromatic nitrogens is 2. The highest BCUT2D eigenvalue weighted by molar-refractivity contribution is 6.30. The molecule has 2 aromatic carbocycles. The molecule has 0 radical (unpaired) electrons. The van der Waals surface area contributed by atoms with Crippen molar-refractivity contribution in [3.05, 3.63) is 76.6 Å². The number of hydrogen-bond acceptors (Lipinski definition) is 3. The van der Waals surface area contributed by atoms with E-state index in [1.165, 1.54) is 0 Å². The summed E-state index contributed by atoms with van der Waals surface area (Å²) in [5.74, 6) is 0.717. The highest BCUT2D eigenvalue weighted by Gasteiger charge is 2.26. The highest BCUT2D eigenvalue weighted by Crippen LogP contribution is 2.31. The molecule has 4 rings (SSSR count). The van der Waals surface area contributed by atoms with Gasteiger partial charge in [0.15, 0.2) is 0 Å². The monoisotopic (exact) mass is 381 g/mol. The standard InChI is InChI=1S/C21H20ClN3O2/c1-27-17-11-9-16(10-12-17)25-20-4-2-3-19(18(20)13-23-25)24-21(26)14-5-7-15(22)8-6-14/h5-13,19H,2-4H2,1H3,(H,24,26). The summed E-state index contributed by atoms with van der Waals surface area (Å²) in [4.78, 5) is 12.6. The van der Waals surface area contributed by atoms with Crippen LogP contribution in [-0.2, 0) is 6.42 Å². The molecule has 3 aromatic rings. The smallest absolute Gasteiger partial charge is 0.251 e. The number of methoxy groups -OCH3 is 1. The number of nitrogens with zero attached hydrogens (tertiary/aromatic N) is 2. The zero-order chi connectivity index (χ0) is 18.8. The molecule has 5 nitrogen and oxygen atoms in total. The Morgan fingerprint density at radius 3 is 2.63 bits per heavy atom. The average Bonchev–Trinajstić information content (AvgIpc) is 3.14. The van der Waals surface area contributed by atoms with Gasteiger partial charge in [-0.3, -0.25) is 4.79 Å². The molecule has 1 heterocycles. The van der Waals surface area contributed by atoms with Crippen LogP contribution in [0.1, 0.15) is 40.5 Å². The molecule has 1 amide bonds. The summed E-state index contributed by atoms with van der Waals surface area (Å²) >= 11 is 5.90. The van der Waals surface area contributed by atoms with Gasteiger partial charge in [-0.1, -0.05) is 11.6 Å². The van der Waals surface area contributed by atoms with Crippen LogP contribution in [0.5, 0.6) is 5.75 Å². The van der Waals surface area contributed by atoms with Crippen molar-refractivity contribution in [1.29, 1.82) is 0 Å². The lowest BCUT2D eigenvalue weighted by atomic mass is 9.92. The Hall–Kier alpha value is -2.79. The van der Waals surface area contributed by atoms with Crippen LogP contribution in [0.4, 0.5) is 0 Å². The molecule has 0 aliphatic heterocycles. The van der Waals surface area contributed by atoms with Crippen LogP contribution < -0.4 is 10.1 Å². The van der Waals surface area contributed by atoms with Gasteiger partial charge in [-0.05, 0) is 67.8 Å². The predicted octanol–water partition coefficient (Wildman–Crippen LogP) is 4.34. The SMILES string of the molecule is COc1ccc(-n2ncc3c2CCCC3NC(=O)c2ccc(Cl)cc2)cc1. The van der Waals surface area contributed by atoms with E-state index in [2.05, 4.69) is 10.4 Å². The topological polar surface area (TPSA) is 56.1 Å². The van der Waals surface area contributed by atoms with E-state index in [4.69, 9.17) is 16.3 Å². The minimum atomic E-state index is -0.0956. The number of halogens is 1. The van der Waals surface area contributed by atoms with Crippen LogP contribution in [0, 0.1) is 0 Å². The van der Waals surface area contributed by atoms with Crippen molar-refractivity contribution in [3.8, 4) is 11.4 Å². The zero-order valence-corrected chi connectivity index (χ0v) is 15.7. The summed E-state index contributed by atoms with van der Waals surface area (Å²) < 4.78 is 7.18. The third-order valence-electron chi connectivity index (χ3n) is 4.91. The number of carbonyl (C=O) groups is 1. The summed E-state index contributed by atoms with van der Waals surface area (Å²) in [6, 6.07) is 14.7. The van der Waals surface area contributed by atoms with Crippen LogP contribution in [0.2, 0.25) is 5.02 Å². The number of carbonyl (C=O) groups excluding carboxylic acids is 1. The highest BCUT2D eigenvalue weighted by atomic mass is 35.5. The quantitative estimate of drug-likeness (QED) is 0.731. The van der Waals surface area contributed by atoms with E-state index in [-0.39, 0.29) is 11.9 Å². The summed E-state index contributed by atoms with van der Waals surface area (Å²) in [5.41, 5.74) is 3.82. The summed E-state index contributed by atoms with van der Waals surface area (Å²) in [6.45, 7) is 0. The van der Waals surface area contributed by atoms with E-state index in [0.717, 1.165) is 42.0 Å². The minimum absolute atomic E-state index is 0.0380. The molecule has 0 spiro atoms. The second-order valence-electron chi connectivity index (χ2n) is 6.58. The molecule has 0 saturated heterocycles. The molecule has 1 unspecified atom stereocenters. The van der Waals surface area contributed by atoms with Crippen molar-refractivity contribution >= 4 is 17.5 Å². The first-order chi connectivity index (χ1) is 13.2. The van der Waals surface area contributed by atoms with E-state index in [1.54, 1.807) is 31.4 Å². The Kier molecular flexibility index (Phi) is 4.86.